The molecular formula is C34H42. The van der Waals surface area contributed by atoms with Gasteiger partial charge < -0.3 is 0 Å². The Morgan fingerprint density at radius 3 is 2.41 bits per heavy atom. The van der Waals surface area contributed by atoms with Gasteiger partial charge in [-0.05, 0) is 76.6 Å². The van der Waals surface area contributed by atoms with Crippen molar-refractivity contribution in [2.45, 2.75) is 73.1 Å². The summed E-state index contributed by atoms with van der Waals surface area (Å²) in [4.78, 5) is 0. The van der Waals surface area contributed by atoms with Crippen LogP contribution in [0.25, 0.3) is 16.3 Å². The van der Waals surface area contributed by atoms with E-state index in [0.717, 1.165) is 0 Å². The molecule has 1 saturated carbocycles. The van der Waals surface area contributed by atoms with Crippen LogP contribution in [0.1, 0.15) is 78.9 Å². The lowest BCUT2D eigenvalue weighted by molar-refractivity contribution is 0.578. The Balaban J connectivity index is 0.000000652. The van der Waals surface area contributed by atoms with Gasteiger partial charge in [0.1, 0.15) is 0 Å². The normalized spacial score (nSPS) is 27.5. The molecule has 2 aromatic carbocycles. The predicted molar refractivity (Wildman–Crippen MR) is 151 cm³/mol. The van der Waals surface area contributed by atoms with E-state index in [1.165, 1.54) is 46.7 Å². The maximum absolute atomic E-state index is 4.20. The summed E-state index contributed by atoms with van der Waals surface area (Å²) in [5, 5.41) is 2.78. The average Bonchev–Trinajstić information content (AvgIpc) is 3.59. The lowest BCUT2D eigenvalue weighted by Gasteiger charge is -2.26. The average molecular weight is 451 g/mol. The monoisotopic (exact) mass is 450 g/mol. The molecule has 6 rings (SSSR count). The molecule has 0 amide bonds. The Kier molecular flexibility index (Phi) is 6.65. The summed E-state index contributed by atoms with van der Waals surface area (Å²) in [6.45, 7) is 19.3. The van der Waals surface area contributed by atoms with E-state index in [4.69, 9.17) is 0 Å². The van der Waals surface area contributed by atoms with Crippen molar-refractivity contribution in [1.82, 2.24) is 0 Å². The van der Waals surface area contributed by atoms with Crippen LogP contribution >= 0.6 is 0 Å². The highest BCUT2D eigenvalue weighted by molar-refractivity contribution is 6.04. The van der Waals surface area contributed by atoms with Gasteiger partial charge in [-0.15, -0.1) is 0 Å². The van der Waals surface area contributed by atoms with Crippen molar-refractivity contribution >= 4 is 16.3 Å². The van der Waals surface area contributed by atoms with Crippen molar-refractivity contribution in [2.24, 2.45) is 17.3 Å². The van der Waals surface area contributed by atoms with Gasteiger partial charge in [-0.3, -0.25) is 0 Å². The molecular weight excluding hydrogens is 408 g/mol. The van der Waals surface area contributed by atoms with E-state index in [1.807, 2.05) is 27.7 Å². The minimum absolute atomic E-state index is 0.102. The first-order chi connectivity index (χ1) is 16.5. The number of fused-ring (bicyclic) bond motifs is 8. The van der Waals surface area contributed by atoms with Crippen molar-refractivity contribution in [1.29, 1.82) is 0 Å². The molecule has 4 aliphatic rings. The summed E-state index contributed by atoms with van der Waals surface area (Å²) in [6.07, 6.45) is 15.6. The SMILES string of the molecule is C=CC1=CC2C=C(C3=C(CC2)C(C)(C)c2ccc4ccccc4c23)C2CC12/C=C\C.CC.CC. The molecule has 4 aliphatic carbocycles. The van der Waals surface area contributed by atoms with Crippen LogP contribution in [0.5, 0.6) is 0 Å². The third-order valence-corrected chi connectivity index (χ3v) is 8.31. The van der Waals surface area contributed by atoms with Crippen LogP contribution in [0.15, 0.2) is 90.1 Å². The molecule has 0 aliphatic heterocycles. The second-order valence-corrected chi connectivity index (χ2v) is 10.1. The molecule has 0 heteroatoms. The van der Waals surface area contributed by atoms with Crippen molar-refractivity contribution in [3.63, 3.8) is 0 Å². The van der Waals surface area contributed by atoms with Crippen LogP contribution in [-0.4, -0.2) is 0 Å². The number of rotatable bonds is 2. The first kappa shape index (κ1) is 24.5. The minimum atomic E-state index is 0.102. The molecule has 0 aromatic heterocycles. The number of hydrogen-bond acceptors (Lipinski definition) is 0. The fourth-order valence-corrected chi connectivity index (χ4v) is 6.78. The second-order valence-electron chi connectivity index (χ2n) is 10.1. The molecule has 2 aromatic rings. The Morgan fingerprint density at radius 2 is 1.71 bits per heavy atom. The third-order valence-electron chi connectivity index (χ3n) is 8.31. The van der Waals surface area contributed by atoms with E-state index in [1.54, 1.807) is 16.7 Å². The topological polar surface area (TPSA) is 0 Å². The van der Waals surface area contributed by atoms with Gasteiger partial charge in [0.05, 0.1) is 0 Å². The molecule has 2 bridgehead atoms. The number of allylic oxidation sites excluding steroid dienone is 9. The highest BCUT2D eigenvalue weighted by Gasteiger charge is 2.58. The van der Waals surface area contributed by atoms with Gasteiger partial charge in [0.2, 0.25) is 0 Å². The molecule has 0 spiro atoms. The largest absolute Gasteiger partial charge is 0.0988 e. The standard InChI is InChI=1S/C30H30.2C2H6/c1-5-15-30-18-26(30)23-17-19(16-21(30)6-2)11-13-24-28(23)27-22-10-8-7-9-20(22)12-14-25(27)29(24,3)4;2*1-2/h5-10,12,14-17,19,26H,2,11,13,18H2,1,3-4H3;2*1-2H3/b15-5-;;. The number of benzene rings is 2. The van der Waals surface area contributed by atoms with Crippen LogP contribution in [0.2, 0.25) is 0 Å². The fraction of sp³-hybridized carbons (Fsp3) is 0.412. The van der Waals surface area contributed by atoms with E-state index >= 15 is 0 Å². The Hall–Kier alpha value is -2.60. The van der Waals surface area contributed by atoms with E-state index in [9.17, 15) is 0 Å². The lowest BCUT2D eigenvalue weighted by atomic mass is 9.78. The van der Waals surface area contributed by atoms with Crippen LogP contribution in [0, 0.1) is 17.3 Å². The predicted octanol–water partition coefficient (Wildman–Crippen LogP) is 9.98. The smallest absolute Gasteiger partial charge is 0.0204 e. The van der Waals surface area contributed by atoms with Gasteiger partial charge in [-0.1, -0.05) is 120 Å². The molecule has 3 atom stereocenters. The quantitative estimate of drug-likeness (QED) is 0.399. The Morgan fingerprint density at radius 1 is 0.971 bits per heavy atom. The maximum Gasteiger partial charge on any atom is 0.0204 e. The summed E-state index contributed by atoms with van der Waals surface area (Å²) >= 11 is 0. The van der Waals surface area contributed by atoms with Crippen LogP contribution < -0.4 is 0 Å². The summed E-state index contributed by atoms with van der Waals surface area (Å²) in [5.41, 5.74) is 9.61. The number of hydrogen-bond donors (Lipinski definition) is 0. The molecule has 178 valence electrons. The summed E-state index contributed by atoms with van der Waals surface area (Å²) < 4.78 is 0. The lowest BCUT2D eigenvalue weighted by Crippen LogP contribution is -2.18. The summed E-state index contributed by atoms with van der Waals surface area (Å²) in [6, 6.07) is 13.7. The first-order valence-corrected chi connectivity index (χ1v) is 13.5. The van der Waals surface area contributed by atoms with Gasteiger partial charge in [0, 0.05) is 10.8 Å². The summed E-state index contributed by atoms with van der Waals surface area (Å²) in [7, 11) is 0. The highest BCUT2D eigenvalue weighted by atomic mass is 14.6. The van der Waals surface area contributed by atoms with Crippen LogP contribution in [0.4, 0.5) is 0 Å². The van der Waals surface area contributed by atoms with Gasteiger partial charge >= 0.3 is 0 Å². The molecule has 34 heavy (non-hydrogen) atoms. The van der Waals surface area contributed by atoms with Crippen LogP contribution in [-0.2, 0) is 5.41 Å². The molecule has 0 radical (unpaired) electrons. The van der Waals surface area contributed by atoms with Gasteiger partial charge in [0.25, 0.3) is 0 Å². The van der Waals surface area contributed by atoms with Gasteiger partial charge in [0.15, 0.2) is 0 Å². The van der Waals surface area contributed by atoms with Crippen molar-refractivity contribution in [3.8, 4) is 0 Å². The third kappa shape index (κ3) is 3.41. The van der Waals surface area contributed by atoms with E-state index in [0.29, 0.717) is 11.8 Å². The van der Waals surface area contributed by atoms with Crippen molar-refractivity contribution < 1.29 is 0 Å². The maximum atomic E-state index is 4.20. The molecule has 0 N–H and O–H groups in total. The Bertz CT molecular complexity index is 1230. The van der Waals surface area contributed by atoms with E-state index in [2.05, 4.69) is 94.1 Å². The Labute approximate surface area is 207 Å². The zero-order chi connectivity index (χ0) is 24.7. The zero-order valence-electron chi connectivity index (χ0n) is 22.3. The van der Waals surface area contributed by atoms with Gasteiger partial charge in [-0.25, -0.2) is 0 Å². The van der Waals surface area contributed by atoms with Crippen LogP contribution in [0.3, 0.4) is 0 Å². The first-order valence-electron chi connectivity index (χ1n) is 13.5. The van der Waals surface area contributed by atoms with Crippen molar-refractivity contribution in [2.75, 3.05) is 0 Å². The highest BCUT2D eigenvalue weighted by Crippen LogP contribution is 2.68. The molecule has 0 saturated heterocycles. The second kappa shape index (κ2) is 9.21. The minimum Gasteiger partial charge on any atom is -0.0988 e. The van der Waals surface area contributed by atoms with Gasteiger partial charge in [-0.2, -0.15) is 0 Å². The molecule has 1 fully saturated rings. The summed E-state index contributed by atoms with van der Waals surface area (Å²) in [5.74, 6) is 1.09. The van der Waals surface area contributed by atoms with Crippen molar-refractivity contribution in [3.05, 3.63) is 101 Å². The fourth-order valence-electron chi connectivity index (χ4n) is 6.78. The van der Waals surface area contributed by atoms with E-state index in [-0.39, 0.29) is 10.8 Å². The molecule has 0 heterocycles. The molecule has 3 unspecified atom stereocenters. The zero-order valence-corrected chi connectivity index (χ0v) is 22.3. The molecule has 0 nitrogen and oxygen atoms in total. The van der Waals surface area contributed by atoms with E-state index < -0.39 is 0 Å².